The van der Waals surface area contributed by atoms with E-state index in [1.54, 1.807) is 4.31 Å². The van der Waals surface area contributed by atoms with Crippen molar-refractivity contribution < 1.29 is 13.2 Å². The minimum atomic E-state index is -3.21. The molecule has 0 saturated carbocycles. The molecule has 2 heterocycles. The fourth-order valence-corrected chi connectivity index (χ4v) is 5.36. The van der Waals surface area contributed by atoms with Crippen LogP contribution in [0.1, 0.15) is 53.4 Å². The van der Waals surface area contributed by atoms with Crippen LogP contribution in [-0.2, 0) is 14.8 Å². The number of rotatable bonds is 4. The van der Waals surface area contributed by atoms with Crippen LogP contribution in [0.4, 0.5) is 0 Å². The van der Waals surface area contributed by atoms with Crippen LogP contribution in [0.15, 0.2) is 0 Å². The number of sulfonamides is 1. The van der Waals surface area contributed by atoms with Gasteiger partial charge >= 0.3 is 0 Å². The second kappa shape index (κ2) is 6.14. The first-order valence-corrected chi connectivity index (χ1v) is 9.62. The van der Waals surface area contributed by atoms with Crippen molar-refractivity contribution in [3.63, 3.8) is 0 Å². The molecule has 0 aromatic rings. The number of ether oxygens (including phenoxy) is 1. The van der Waals surface area contributed by atoms with Crippen molar-refractivity contribution in [2.45, 2.75) is 70.6 Å². The number of hydrogen-bond acceptors (Lipinski definition) is 4. The standard InChI is InChI=1S/C15H30N2O3S/c1-14(2)11-17(12-15(3,4)20-14)21(18,19)10-8-13-7-5-6-9-16-13/h13,16H,5-12H2,1-4H3. The number of nitrogens with one attached hydrogen (secondary N) is 1. The summed E-state index contributed by atoms with van der Waals surface area (Å²) in [6, 6.07) is 0.357. The van der Waals surface area contributed by atoms with Gasteiger partial charge in [-0.15, -0.1) is 0 Å². The average Bonchev–Trinajstić information content (AvgIpc) is 2.34. The lowest BCUT2D eigenvalue weighted by Crippen LogP contribution is -2.59. The molecule has 2 aliphatic heterocycles. The molecule has 6 heteroatoms. The van der Waals surface area contributed by atoms with E-state index in [2.05, 4.69) is 5.32 Å². The molecule has 0 aliphatic carbocycles. The molecule has 1 unspecified atom stereocenters. The minimum absolute atomic E-state index is 0.233. The van der Waals surface area contributed by atoms with Crippen LogP contribution in [0.2, 0.25) is 0 Å². The van der Waals surface area contributed by atoms with Gasteiger partial charge in [-0.3, -0.25) is 0 Å². The normalized spacial score (nSPS) is 30.2. The molecule has 2 saturated heterocycles. The zero-order chi connectivity index (χ0) is 15.7. The zero-order valence-corrected chi connectivity index (χ0v) is 14.6. The number of morpholine rings is 1. The summed E-state index contributed by atoms with van der Waals surface area (Å²) < 4.78 is 32.9. The van der Waals surface area contributed by atoms with E-state index in [9.17, 15) is 8.42 Å². The molecule has 2 rings (SSSR count). The van der Waals surface area contributed by atoms with Crippen LogP contribution in [0.5, 0.6) is 0 Å². The van der Waals surface area contributed by atoms with Crippen molar-refractivity contribution in [2.24, 2.45) is 0 Å². The highest BCUT2D eigenvalue weighted by molar-refractivity contribution is 7.89. The van der Waals surface area contributed by atoms with Crippen LogP contribution < -0.4 is 5.32 Å². The lowest BCUT2D eigenvalue weighted by molar-refractivity contribution is -0.163. The van der Waals surface area contributed by atoms with Crippen molar-refractivity contribution in [2.75, 3.05) is 25.4 Å². The number of hydrogen-bond donors (Lipinski definition) is 1. The third kappa shape index (κ3) is 4.91. The Hall–Kier alpha value is -0.170. The predicted octanol–water partition coefficient (Wildman–Crippen LogP) is 1.74. The highest BCUT2D eigenvalue weighted by Gasteiger charge is 2.42. The molecule has 1 atom stereocenters. The van der Waals surface area contributed by atoms with Crippen LogP contribution in [0.25, 0.3) is 0 Å². The van der Waals surface area contributed by atoms with Gasteiger partial charge in [0.25, 0.3) is 0 Å². The Balaban J connectivity index is 1.97. The van der Waals surface area contributed by atoms with Gasteiger partial charge in [-0.25, -0.2) is 8.42 Å². The Bertz CT molecular complexity index is 438. The van der Waals surface area contributed by atoms with Gasteiger partial charge in [-0.2, -0.15) is 4.31 Å². The maximum absolute atomic E-state index is 12.6. The molecule has 0 aromatic carbocycles. The van der Waals surface area contributed by atoms with E-state index in [1.165, 1.54) is 12.8 Å². The fraction of sp³-hybridized carbons (Fsp3) is 1.00. The molecular weight excluding hydrogens is 288 g/mol. The Kier molecular flexibility index (Phi) is 5.03. The summed E-state index contributed by atoms with van der Waals surface area (Å²) in [4.78, 5) is 0. The van der Waals surface area contributed by atoms with Gasteiger partial charge in [0.05, 0.1) is 17.0 Å². The van der Waals surface area contributed by atoms with Crippen molar-refractivity contribution in [1.29, 1.82) is 0 Å². The van der Waals surface area contributed by atoms with Crippen LogP contribution in [0, 0.1) is 0 Å². The maximum Gasteiger partial charge on any atom is 0.214 e. The van der Waals surface area contributed by atoms with E-state index in [0.29, 0.717) is 25.6 Å². The molecule has 0 amide bonds. The maximum atomic E-state index is 12.6. The van der Waals surface area contributed by atoms with Gasteiger partial charge < -0.3 is 10.1 Å². The summed E-state index contributed by atoms with van der Waals surface area (Å²) >= 11 is 0. The van der Waals surface area contributed by atoms with E-state index < -0.39 is 21.2 Å². The summed E-state index contributed by atoms with van der Waals surface area (Å²) in [5, 5.41) is 3.42. The number of nitrogens with zero attached hydrogens (tertiary/aromatic N) is 1. The Morgan fingerprint density at radius 1 is 1.14 bits per heavy atom. The molecule has 2 aliphatic rings. The summed E-state index contributed by atoms with van der Waals surface area (Å²) in [6.45, 7) is 9.73. The summed E-state index contributed by atoms with van der Waals surface area (Å²) in [5.41, 5.74) is -0.865. The van der Waals surface area contributed by atoms with Crippen molar-refractivity contribution in [3.8, 4) is 0 Å². The molecule has 21 heavy (non-hydrogen) atoms. The highest BCUT2D eigenvalue weighted by atomic mass is 32.2. The van der Waals surface area contributed by atoms with E-state index in [1.807, 2.05) is 27.7 Å². The molecule has 0 radical (unpaired) electrons. The van der Waals surface area contributed by atoms with E-state index in [-0.39, 0.29) is 5.75 Å². The molecular formula is C15H30N2O3S. The average molecular weight is 318 g/mol. The van der Waals surface area contributed by atoms with Crippen molar-refractivity contribution >= 4 is 10.0 Å². The largest absolute Gasteiger partial charge is 0.367 e. The third-order valence-electron chi connectivity index (χ3n) is 4.20. The van der Waals surface area contributed by atoms with Gasteiger partial charge in [0.1, 0.15) is 0 Å². The molecule has 0 bridgehead atoms. The van der Waals surface area contributed by atoms with Crippen molar-refractivity contribution in [3.05, 3.63) is 0 Å². The Morgan fingerprint density at radius 2 is 1.76 bits per heavy atom. The molecule has 0 aromatic heterocycles. The predicted molar refractivity (Wildman–Crippen MR) is 84.9 cm³/mol. The first-order chi connectivity index (χ1) is 9.60. The van der Waals surface area contributed by atoms with E-state index in [0.717, 1.165) is 13.0 Å². The molecule has 1 N–H and O–H groups in total. The van der Waals surface area contributed by atoms with E-state index >= 15 is 0 Å². The van der Waals surface area contributed by atoms with Gasteiger partial charge in [0.2, 0.25) is 10.0 Å². The minimum Gasteiger partial charge on any atom is -0.367 e. The Morgan fingerprint density at radius 3 is 2.29 bits per heavy atom. The van der Waals surface area contributed by atoms with Crippen LogP contribution in [0.3, 0.4) is 0 Å². The quantitative estimate of drug-likeness (QED) is 0.858. The molecule has 2 fully saturated rings. The van der Waals surface area contributed by atoms with Gasteiger partial charge in [0, 0.05) is 19.1 Å². The lowest BCUT2D eigenvalue weighted by Gasteiger charge is -2.46. The van der Waals surface area contributed by atoms with Crippen LogP contribution in [-0.4, -0.2) is 55.4 Å². The van der Waals surface area contributed by atoms with Crippen LogP contribution >= 0.6 is 0 Å². The van der Waals surface area contributed by atoms with E-state index in [4.69, 9.17) is 4.74 Å². The van der Waals surface area contributed by atoms with Crippen molar-refractivity contribution in [1.82, 2.24) is 9.62 Å². The lowest BCUT2D eigenvalue weighted by atomic mass is 10.0. The second-order valence-electron chi connectivity index (χ2n) is 7.64. The first kappa shape index (κ1) is 17.2. The van der Waals surface area contributed by atoms with Gasteiger partial charge in [-0.1, -0.05) is 6.42 Å². The monoisotopic (exact) mass is 318 g/mol. The fourth-order valence-electron chi connectivity index (χ4n) is 3.51. The summed E-state index contributed by atoms with van der Waals surface area (Å²) in [5.74, 6) is 0.233. The summed E-state index contributed by atoms with van der Waals surface area (Å²) in [7, 11) is -3.21. The zero-order valence-electron chi connectivity index (χ0n) is 13.8. The Labute approximate surface area is 129 Å². The third-order valence-corrected chi connectivity index (χ3v) is 5.99. The molecule has 124 valence electrons. The topological polar surface area (TPSA) is 58.6 Å². The van der Waals surface area contributed by atoms with Gasteiger partial charge in [0.15, 0.2) is 0 Å². The number of piperidine rings is 1. The molecule has 5 nitrogen and oxygen atoms in total. The highest BCUT2D eigenvalue weighted by Crippen LogP contribution is 2.30. The SMILES string of the molecule is CC1(C)CN(S(=O)(=O)CCC2CCCCN2)CC(C)(C)O1. The molecule has 0 spiro atoms. The summed E-state index contributed by atoms with van der Waals surface area (Å²) in [6.07, 6.45) is 4.21. The smallest absolute Gasteiger partial charge is 0.214 e. The second-order valence-corrected chi connectivity index (χ2v) is 9.73. The first-order valence-electron chi connectivity index (χ1n) is 8.01. The van der Waals surface area contributed by atoms with Gasteiger partial charge in [-0.05, 0) is 53.5 Å².